The van der Waals surface area contributed by atoms with E-state index >= 15 is 0 Å². The summed E-state index contributed by atoms with van der Waals surface area (Å²) in [6.45, 7) is 5.45. The van der Waals surface area contributed by atoms with E-state index in [9.17, 15) is 4.79 Å². The van der Waals surface area contributed by atoms with Gasteiger partial charge in [0.2, 0.25) is 0 Å². The van der Waals surface area contributed by atoms with Crippen molar-refractivity contribution in [3.63, 3.8) is 0 Å². The summed E-state index contributed by atoms with van der Waals surface area (Å²) in [5.41, 5.74) is 0.563. The first-order valence-corrected chi connectivity index (χ1v) is 5.66. The largest absolute Gasteiger partial charge is 0.314 e. The number of Topliss-reactive ketones (excluding diaryl/α,β-unsaturated/α-hetero) is 1. The number of ketones is 1. The Hall–Kier alpha value is -1.26. The number of hydrogen-bond donors (Lipinski definition) is 1. The van der Waals surface area contributed by atoms with Gasteiger partial charge in [-0.1, -0.05) is 6.07 Å². The van der Waals surface area contributed by atoms with E-state index in [1.165, 1.54) is 0 Å². The lowest BCUT2D eigenvalue weighted by Gasteiger charge is -2.33. The van der Waals surface area contributed by atoms with Crippen LogP contribution in [-0.4, -0.2) is 47.9 Å². The van der Waals surface area contributed by atoms with Crippen molar-refractivity contribution in [3.05, 3.63) is 30.1 Å². The number of pyridine rings is 1. The standard InChI is InChI=1S/C12H17N3O/c1-10-8-13-6-7-15(10)9-12(16)11-4-2-3-5-14-11/h2-5,10,13H,6-9H2,1H3/t10-/m1/s1. The Morgan fingerprint density at radius 3 is 3.19 bits per heavy atom. The minimum Gasteiger partial charge on any atom is -0.314 e. The molecule has 1 atom stereocenters. The summed E-state index contributed by atoms with van der Waals surface area (Å²) in [5.74, 6) is 0.106. The van der Waals surface area contributed by atoms with Crippen LogP contribution in [0.3, 0.4) is 0 Å². The zero-order chi connectivity index (χ0) is 11.4. The molecule has 2 heterocycles. The second-order valence-electron chi connectivity index (χ2n) is 4.16. The van der Waals surface area contributed by atoms with Crippen molar-refractivity contribution in [1.82, 2.24) is 15.2 Å². The molecule has 0 aromatic carbocycles. The van der Waals surface area contributed by atoms with E-state index in [2.05, 4.69) is 22.1 Å². The van der Waals surface area contributed by atoms with Crippen LogP contribution in [-0.2, 0) is 0 Å². The van der Waals surface area contributed by atoms with E-state index in [0.717, 1.165) is 19.6 Å². The molecule has 1 aromatic rings. The molecule has 0 unspecified atom stereocenters. The number of nitrogens with one attached hydrogen (secondary N) is 1. The molecule has 0 saturated carbocycles. The zero-order valence-electron chi connectivity index (χ0n) is 9.52. The molecule has 4 nitrogen and oxygen atoms in total. The molecular formula is C12H17N3O. The summed E-state index contributed by atoms with van der Waals surface area (Å²) in [4.78, 5) is 18.2. The van der Waals surface area contributed by atoms with E-state index in [1.807, 2.05) is 12.1 Å². The van der Waals surface area contributed by atoms with Crippen LogP contribution in [0.25, 0.3) is 0 Å². The van der Waals surface area contributed by atoms with Gasteiger partial charge in [-0.25, -0.2) is 0 Å². The summed E-state index contributed by atoms with van der Waals surface area (Å²) >= 11 is 0. The molecule has 4 heteroatoms. The van der Waals surface area contributed by atoms with Crippen molar-refractivity contribution in [2.75, 3.05) is 26.2 Å². The monoisotopic (exact) mass is 219 g/mol. The number of aromatic nitrogens is 1. The second kappa shape index (κ2) is 5.18. The fourth-order valence-electron chi connectivity index (χ4n) is 1.91. The highest BCUT2D eigenvalue weighted by Crippen LogP contribution is 2.04. The fourth-order valence-corrected chi connectivity index (χ4v) is 1.91. The van der Waals surface area contributed by atoms with Gasteiger partial charge in [-0.3, -0.25) is 14.7 Å². The number of carbonyl (C=O) groups excluding carboxylic acids is 1. The Balaban J connectivity index is 1.96. The molecule has 1 saturated heterocycles. The molecule has 1 aliphatic rings. The van der Waals surface area contributed by atoms with Crippen molar-refractivity contribution >= 4 is 5.78 Å². The highest BCUT2D eigenvalue weighted by molar-refractivity contribution is 5.95. The third-order valence-corrected chi connectivity index (χ3v) is 2.94. The molecule has 1 N–H and O–H groups in total. The van der Waals surface area contributed by atoms with Crippen LogP contribution in [0.15, 0.2) is 24.4 Å². The number of rotatable bonds is 3. The lowest BCUT2D eigenvalue weighted by molar-refractivity contribution is 0.0870. The van der Waals surface area contributed by atoms with Crippen molar-refractivity contribution in [2.45, 2.75) is 13.0 Å². The summed E-state index contributed by atoms with van der Waals surface area (Å²) in [6.07, 6.45) is 1.66. The molecule has 1 aromatic heterocycles. The lowest BCUT2D eigenvalue weighted by Crippen LogP contribution is -2.51. The topological polar surface area (TPSA) is 45.2 Å². The average molecular weight is 219 g/mol. The minimum atomic E-state index is 0.106. The average Bonchev–Trinajstić information content (AvgIpc) is 2.33. The second-order valence-corrected chi connectivity index (χ2v) is 4.16. The maximum atomic E-state index is 11.9. The predicted molar refractivity (Wildman–Crippen MR) is 62.5 cm³/mol. The molecule has 16 heavy (non-hydrogen) atoms. The number of nitrogens with zero attached hydrogens (tertiary/aromatic N) is 2. The van der Waals surface area contributed by atoms with Gasteiger partial charge in [0.15, 0.2) is 5.78 Å². The number of carbonyl (C=O) groups is 1. The first kappa shape index (κ1) is 11.2. The normalized spacial score (nSPS) is 21.9. The van der Waals surface area contributed by atoms with Gasteiger partial charge in [-0.2, -0.15) is 0 Å². The Labute approximate surface area is 95.7 Å². The molecule has 1 fully saturated rings. The fraction of sp³-hybridized carbons (Fsp3) is 0.500. The molecule has 86 valence electrons. The molecule has 0 amide bonds. The van der Waals surface area contributed by atoms with Gasteiger partial charge in [0.25, 0.3) is 0 Å². The van der Waals surface area contributed by atoms with Crippen molar-refractivity contribution in [2.24, 2.45) is 0 Å². The van der Waals surface area contributed by atoms with E-state index in [-0.39, 0.29) is 5.78 Å². The van der Waals surface area contributed by atoms with Gasteiger partial charge >= 0.3 is 0 Å². The van der Waals surface area contributed by atoms with Crippen molar-refractivity contribution in [1.29, 1.82) is 0 Å². The smallest absolute Gasteiger partial charge is 0.195 e. The Kier molecular flexibility index (Phi) is 3.64. The summed E-state index contributed by atoms with van der Waals surface area (Å²) in [5, 5.41) is 3.31. The molecule has 2 rings (SSSR count). The van der Waals surface area contributed by atoms with Crippen LogP contribution in [0.2, 0.25) is 0 Å². The van der Waals surface area contributed by atoms with Crippen LogP contribution in [0.1, 0.15) is 17.4 Å². The van der Waals surface area contributed by atoms with Gasteiger partial charge < -0.3 is 5.32 Å². The van der Waals surface area contributed by atoms with E-state index in [1.54, 1.807) is 12.3 Å². The van der Waals surface area contributed by atoms with Crippen LogP contribution in [0.5, 0.6) is 0 Å². The Morgan fingerprint density at radius 2 is 2.50 bits per heavy atom. The number of hydrogen-bond acceptors (Lipinski definition) is 4. The first-order chi connectivity index (χ1) is 7.77. The Morgan fingerprint density at radius 1 is 1.62 bits per heavy atom. The van der Waals surface area contributed by atoms with Gasteiger partial charge in [0.1, 0.15) is 5.69 Å². The highest BCUT2D eigenvalue weighted by atomic mass is 16.1. The molecule has 0 aliphatic carbocycles. The van der Waals surface area contributed by atoms with Crippen LogP contribution in [0.4, 0.5) is 0 Å². The Bertz CT molecular complexity index is 353. The zero-order valence-corrected chi connectivity index (χ0v) is 9.52. The molecular weight excluding hydrogens is 202 g/mol. The summed E-state index contributed by atoms with van der Waals surface area (Å²) < 4.78 is 0. The lowest BCUT2D eigenvalue weighted by atomic mass is 10.1. The maximum Gasteiger partial charge on any atom is 0.195 e. The predicted octanol–water partition coefficient (Wildman–Crippen LogP) is 0.558. The van der Waals surface area contributed by atoms with Crippen LogP contribution >= 0.6 is 0 Å². The third kappa shape index (κ3) is 2.65. The van der Waals surface area contributed by atoms with E-state index < -0.39 is 0 Å². The number of piperazine rings is 1. The molecule has 1 aliphatic heterocycles. The summed E-state index contributed by atoms with van der Waals surface area (Å²) in [6, 6.07) is 5.86. The van der Waals surface area contributed by atoms with E-state index in [4.69, 9.17) is 0 Å². The molecule has 0 spiro atoms. The van der Waals surface area contributed by atoms with Gasteiger partial charge in [0.05, 0.1) is 6.54 Å². The minimum absolute atomic E-state index is 0.106. The maximum absolute atomic E-state index is 11.9. The third-order valence-electron chi connectivity index (χ3n) is 2.94. The van der Waals surface area contributed by atoms with Gasteiger partial charge in [-0.15, -0.1) is 0 Å². The molecule has 0 bridgehead atoms. The summed E-state index contributed by atoms with van der Waals surface area (Å²) in [7, 11) is 0. The van der Waals surface area contributed by atoms with Gasteiger partial charge in [0, 0.05) is 31.9 Å². The van der Waals surface area contributed by atoms with Crippen molar-refractivity contribution < 1.29 is 4.79 Å². The van der Waals surface area contributed by atoms with E-state index in [0.29, 0.717) is 18.3 Å². The van der Waals surface area contributed by atoms with Crippen molar-refractivity contribution in [3.8, 4) is 0 Å². The first-order valence-electron chi connectivity index (χ1n) is 5.66. The quantitative estimate of drug-likeness (QED) is 0.754. The van der Waals surface area contributed by atoms with Gasteiger partial charge in [-0.05, 0) is 19.1 Å². The van der Waals surface area contributed by atoms with Crippen LogP contribution in [0, 0.1) is 0 Å². The van der Waals surface area contributed by atoms with Crippen LogP contribution < -0.4 is 5.32 Å². The SMILES string of the molecule is C[C@@H]1CNCCN1CC(=O)c1ccccn1. The highest BCUT2D eigenvalue weighted by Gasteiger charge is 2.20. The molecule has 0 radical (unpaired) electrons.